The molecule has 7 heteroatoms. The molecule has 0 bridgehead atoms. The molecule has 0 spiro atoms. The van der Waals surface area contributed by atoms with E-state index in [0.29, 0.717) is 42.5 Å². The first-order valence-electron chi connectivity index (χ1n) is 9.22. The van der Waals surface area contributed by atoms with Gasteiger partial charge in [-0.15, -0.1) is 11.3 Å². The van der Waals surface area contributed by atoms with Gasteiger partial charge < -0.3 is 19.7 Å². The van der Waals surface area contributed by atoms with E-state index in [2.05, 4.69) is 5.32 Å². The van der Waals surface area contributed by atoms with Gasteiger partial charge in [-0.2, -0.15) is 0 Å². The Bertz CT molecular complexity index is 1030. The highest BCUT2D eigenvalue weighted by molar-refractivity contribution is 7.09. The lowest BCUT2D eigenvalue weighted by Crippen LogP contribution is -2.30. The van der Waals surface area contributed by atoms with Crippen molar-refractivity contribution in [3.63, 3.8) is 0 Å². The first-order valence-corrected chi connectivity index (χ1v) is 10.1. The quantitative estimate of drug-likeness (QED) is 0.683. The number of hydrogen-bond acceptors (Lipinski definition) is 5. The first-order chi connectivity index (χ1) is 14.1. The Morgan fingerprint density at radius 2 is 1.86 bits per heavy atom. The average molecular weight is 408 g/mol. The maximum atomic E-state index is 13.4. The minimum absolute atomic E-state index is 0.165. The maximum absolute atomic E-state index is 13.4. The summed E-state index contributed by atoms with van der Waals surface area (Å²) in [5.41, 5.74) is 1.79. The SMILES string of the molecule is CC(=O)Nc1cccc(C(=O)N(Cc2cccs2)c2ccc3c(c2)OCCO3)c1. The van der Waals surface area contributed by atoms with Gasteiger partial charge >= 0.3 is 0 Å². The molecule has 3 aromatic rings. The van der Waals surface area contributed by atoms with Crippen molar-refractivity contribution < 1.29 is 19.1 Å². The summed E-state index contributed by atoms with van der Waals surface area (Å²) in [6.45, 7) is 2.86. The van der Waals surface area contributed by atoms with Crippen molar-refractivity contribution in [1.29, 1.82) is 0 Å². The van der Waals surface area contributed by atoms with Crippen molar-refractivity contribution in [2.45, 2.75) is 13.5 Å². The molecule has 148 valence electrons. The van der Waals surface area contributed by atoms with Gasteiger partial charge in [0.1, 0.15) is 13.2 Å². The van der Waals surface area contributed by atoms with Gasteiger partial charge in [-0.05, 0) is 41.8 Å². The summed E-state index contributed by atoms with van der Waals surface area (Å²) < 4.78 is 11.3. The molecule has 0 aliphatic carbocycles. The molecule has 4 rings (SSSR count). The molecule has 6 nitrogen and oxygen atoms in total. The van der Waals surface area contributed by atoms with E-state index >= 15 is 0 Å². The van der Waals surface area contributed by atoms with Gasteiger partial charge in [0, 0.05) is 34.8 Å². The molecule has 1 N–H and O–H groups in total. The second-order valence-electron chi connectivity index (χ2n) is 6.56. The average Bonchev–Trinajstić information content (AvgIpc) is 3.24. The molecule has 0 atom stereocenters. The van der Waals surface area contributed by atoms with Crippen LogP contribution >= 0.6 is 11.3 Å². The molecule has 2 heterocycles. The van der Waals surface area contributed by atoms with Crippen LogP contribution in [0.5, 0.6) is 11.5 Å². The lowest BCUT2D eigenvalue weighted by Gasteiger charge is -2.25. The van der Waals surface area contributed by atoms with E-state index in [4.69, 9.17) is 9.47 Å². The molecule has 1 aliphatic rings. The van der Waals surface area contributed by atoms with Crippen molar-refractivity contribution in [3.8, 4) is 11.5 Å². The van der Waals surface area contributed by atoms with E-state index < -0.39 is 0 Å². The summed E-state index contributed by atoms with van der Waals surface area (Å²) in [5, 5.41) is 4.71. The molecule has 0 radical (unpaired) electrons. The molecule has 29 heavy (non-hydrogen) atoms. The zero-order chi connectivity index (χ0) is 20.2. The molecule has 0 saturated carbocycles. The Labute approximate surface area is 172 Å². The van der Waals surface area contributed by atoms with Crippen LogP contribution in [0.2, 0.25) is 0 Å². The second-order valence-corrected chi connectivity index (χ2v) is 7.59. The summed E-state index contributed by atoms with van der Waals surface area (Å²) in [7, 11) is 0. The molecule has 2 aromatic carbocycles. The van der Waals surface area contributed by atoms with Crippen LogP contribution in [0.1, 0.15) is 22.2 Å². The summed E-state index contributed by atoms with van der Waals surface area (Å²) in [5.74, 6) is 0.958. The largest absolute Gasteiger partial charge is 0.486 e. The molecular formula is C22H20N2O4S. The predicted molar refractivity (Wildman–Crippen MR) is 113 cm³/mol. The zero-order valence-electron chi connectivity index (χ0n) is 15.9. The monoisotopic (exact) mass is 408 g/mol. The smallest absolute Gasteiger partial charge is 0.258 e. The Morgan fingerprint density at radius 3 is 2.62 bits per heavy atom. The van der Waals surface area contributed by atoms with Gasteiger partial charge in [-0.25, -0.2) is 0 Å². The van der Waals surface area contributed by atoms with Crippen molar-refractivity contribution in [2.75, 3.05) is 23.4 Å². The molecule has 1 aromatic heterocycles. The molecule has 1 aliphatic heterocycles. The van der Waals surface area contributed by atoms with E-state index in [-0.39, 0.29) is 11.8 Å². The van der Waals surface area contributed by atoms with Gasteiger partial charge in [-0.1, -0.05) is 12.1 Å². The Hall–Kier alpha value is -3.32. The molecule has 2 amide bonds. The number of anilines is 2. The third kappa shape index (κ3) is 4.41. The van der Waals surface area contributed by atoms with E-state index in [9.17, 15) is 9.59 Å². The highest BCUT2D eigenvalue weighted by Gasteiger charge is 2.22. The van der Waals surface area contributed by atoms with Gasteiger partial charge in [-0.3, -0.25) is 9.59 Å². The van der Waals surface area contributed by atoms with Crippen LogP contribution in [0.3, 0.4) is 0 Å². The fourth-order valence-electron chi connectivity index (χ4n) is 3.13. The second kappa shape index (κ2) is 8.36. The van der Waals surface area contributed by atoms with Gasteiger partial charge in [0.15, 0.2) is 11.5 Å². The van der Waals surface area contributed by atoms with Gasteiger partial charge in [0.25, 0.3) is 5.91 Å². The van der Waals surface area contributed by atoms with Crippen molar-refractivity contribution >= 4 is 34.5 Å². The van der Waals surface area contributed by atoms with Crippen molar-refractivity contribution in [3.05, 3.63) is 70.4 Å². The maximum Gasteiger partial charge on any atom is 0.258 e. The number of ether oxygens (including phenoxy) is 2. The van der Waals surface area contributed by atoms with Crippen LogP contribution in [0.15, 0.2) is 60.0 Å². The molecule has 0 saturated heterocycles. The summed E-state index contributed by atoms with van der Waals surface area (Å²) in [6.07, 6.45) is 0. The number of rotatable bonds is 5. The van der Waals surface area contributed by atoms with Gasteiger partial charge in [0.2, 0.25) is 5.91 Å². The Morgan fingerprint density at radius 1 is 1.03 bits per heavy atom. The van der Waals surface area contributed by atoms with E-state index in [1.165, 1.54) is 6.92 Å². The number of fused-ring (bicyclic) bond motifs is 1. The number of amides is 2. The van der Waals surface area contributed by atoms with Crippen LogP contribution in [0.25, 0.3) is 0 Å². The number of carbonyl (C=O) groups excluding carboxylic acids is 2. The number of thiophene rings is 1. The predicted octanol–water partition coefficient (Wildman–Crippen LogP) is 4.32. The van der Waals surface area contributed by atoms with Gasteiger partial charge in [0.05, 0.1) is 6.54 Å². The number of nitrogens with one attached hydrogen (secondary N) is 1. The number of nitrogens with zero attached hydrogens (tertiary/aromatic N) is 1. The third-order valence-electron chi connectivity index (χ3n) is 4.41. The minimum atomic E-state index is -0.183. The van der Waals surface area contributed by atoms with Crippen molar-refractivity contribution in [2.24, 2.45) is 0 Å². The topological polar surface area (TPSA) is 67.9 Å². The van der Waals surface area contributed by atoms with Crippen LogP contribution in [-0.4, -0.2) is 25.0 Å². The van der Waals surface area contributed by atoms with E-state index in [1.807, 2.05) is 35.7 Å². The Kier molecular flexibility index (Phi) is 5.48. The van der Waals surface area contributed by atoms with E-state index in [0.717, 1.165) is 10.6 Å². The first kappa shape index (κ1) is 19.0. The standard InChI is InChI=1S/C22H20N2O4S/c1-15(25)23-17-5-2-4-16(12-17)22(26)24(14-19-6-3-11-29-19)18-7-8-20-21(13-18)28-10-9-27-20/h2-8,11-13H,9-10,14H2,1H3,(H,23,25). The lowest BCUT2D eigenvalue weighted by molar-refractivity contribution is -0.114. The summed E-state index contributed by atoms with van der Waals surface area (Å²) in [6, 6.07) is 16.4. The highest BCUT2D eigenvalue weighted by atomic mass is 32.1. The highest BCUT2D eigenvalue weighted by Crippen LogP contribution is 2.35. The lowest BCUT2D eigenvalue weighted by atomic mass is 10.1. The Balaban J connectivity index is 1.69. The van der Waals surface area contributed by atoms with Crippen LogP contribution < -0.4 is 19.7 Å². The zero-order valence-corrected chi connectivity index (χ0v) is 16.7. The molecule has 0 unspecified atom stereocenters. The number of benzene rings is 2. The third-order valence-corrected chi connectivity index (χ3v) is 5.27. The fourth-order valence-corrected chi connectivity index (χ4v) is 3.82. The minimum Gasteiger partial charge on any atom is -0.486 e. The number of carbonyl (C=O) groups is 2. The van der Waals surface area contributed by atoms with E-state index in [1.54, 1.807) is 40.5 Å². The summed E-state index contributed by atoms with van der Waals surface area (Å²) >= 11 is 1.59. The van der Waals surface area contributed by atoms with Crippen LogP contribution in [-0.2, 0) is 11.3 Å². The molecule has 0 fully saturated rings. The normalized spacial score (nSPS) is 12.3. The molecular weight excluding hydrogens is 388 g/mol. The summed E-state index contributed by atoms with van der Waals surface area (Å²) in [4.78, 5) is 27.6. The van der Waals surface area contributed by atoms with Crippen LogP contribution in [0, 0.1) is 0 Å². The number of hydrogen-bond donors (Lipinski definition) is 1. The fraction of sp³-hybridized carbons (Fsp3) is 0.182. The van der Waals surface area contributed by atoms with Crippen molar-refractivity contribution in [1.82, 2.24) is 0 Å². The van der Waals surface area contributed by atoms with Crippen LogP contribution in [0.4, 0.5) is 11.4 Å².